The maximum absolute atomic E-state index is 6.30. The van der Waals surface area contributed by atoms with Gasteiger partial charge in [-0.05, 0) is 18.3 Å². The minimum Gasteiger partial charge on any atom is -0.340 e. The van der Waals surface area contributed by atoms with E-state index >= 15 is 0 Å². The van der Waals surface area contributed by atoms with Gasteiger partial charge in [0.15, 0.2) is 11.5 Å². The van der Waals surface area contributed by atoms with Gasteiger partial charge in [-0.25, -0.2) is 19.6 Å². The van der Waals surface area contributed by atoms with E-state index in [4.69, 9.17) is 5.73 Å². The summed E-state index contributed by atoms with van der Waals surface area (Å²) in [5.74, 6) is 0.726. The molecule has 3 aromatic heterocycles. The zero-order valence-corrected chi connectivity index (χ0v) is 12.0. The smallest absolute Gasteiger partial charge is 0.182 e. The van der Waals surface area contributed by atoms with Crippen molar-refractivity contribution in [3.05, 3.63) is 30.1 Å². The van der Waals surface area contributed by atoms with E-state index < -0.39 is 0 Å². The molecule has 108 valence electrons. The molecule has 1 atom stereocenters. The van der Waals surface area contributed by atoms with E-state index in [0.717, 1.165) is 35.4 Å². The number of nitrogens with two attached hydrogens (primary N) is 1. The lowest BCUT2D eigenvalue weighted by Gasteiger charge is -2.33. The molecule has 3 N–H and O–H groups in total. The Labute approximate surface area is 121 Å². The number of H-pyrrole nitrogens is 1. The van der Waals surface area contributed by atoms with Crippen LogP contribution in [0, 0.1) is 5.41 Å². The second-order valence-electron chi connectivity index (χ2n) is 6.41. The lowest BCUT2D eigenvalue weighted by atomic mass is 9.75. The molecular formula is C14H17N7. The van der Waals surface area contributed by atoms with Crippen LogP contribution in [0.2, 0.25) is 0 Å². The molecule has 1 aliphatic carbocycles. The molecule has 0 saturated heterocycles. The van der Waals surface area contributed by atoms with Crippen LogP contribution in [0.25, 0.3) is 17.0 Å². The highest BCUT2D eigenvalue weighted by Crippen LogP contribution is 2.40. The van der Waals surface area contributed by atoms with Crippen LogP contribution in [-0.4, -0.2) is 29.7 Å². The third kappa shape index (κ3) is 1.84. The Bertz CT molecular complexity index is 814. The second-order valence-corrected chi connectivity index (χ2v) is 6.41. The van der Waals surface area contributed by atoms with Gasteiger partial charge in [0.2, 0.25) is 0 Å². The minimum atomic E-state index is 0.0246. The summed E-state index contributed by atoms with van der Waals surface area (Å²) in [6, 6.07) is 0.0246. The van der Waals surface area contributed by atoms with Crippen LogP contribution >= 0.6 is 0 Å². The van der Waals surface area contributed by atoms with Crippen molar-refractivity contribution in [1.82, 2.24) is 29.7 Å². The highest BCUT2D eigenvalue weighted by atomic mass is 15.3. The van der Waals surface area contributed by atoms with E-state index in [0.29, 0.717) is 5.65 Å². The number of nitrogens with one attached hydrogen (secondary N) is 1. The molecule has 3 aromatic rings. The lowest BCUT2D eigenvalue weighted by Crippen LogP contribution is -2.30. The minimum absolute atomic E-state index is 0.0246. The Morgan fingerprint density at radius 2 is 2.19 bits per heavy atom. The van der Waals surface area contributed by atoms with Crippen molar-refractivity contribution in [3.63, 3.8) is 0 Å². The molecule has 0 radical (unpaired) electrons. The number of aromatic nitrogens is 6. The van der Waals surface area contributed by atoms with Crippen LogP contribution in [-0.2, 0) is 6.42 Å². The van der Waals surface area contributed by atoms with E-state index in [1.807, 2.05) is 10.9 Å². The molecule has 1 unspecified atom stereocenters. The monoisotopic (exact) mass is 283 g/mol. The molecule has 3 heterocycles. The van der Waals surface area contributed by atoms with Crippen molar-refractivity contribution in [2.75, 3.05) is 0 Å². The number of hydrogen-bond donors (Lipinski definition) is 2. The number of nitrogens with zero attached hydrogens (tertiary/aromatic N) is 5. The summed E-state index contributed by atoms with van der Waals surface area (Å²) in [5.41, 5.74) is 10.1. The summed E-state index contributed by atoms with van der Waals surface area (Å²) in [7, 11) is 0. The van der Waals surface area contributed by atoms with Crippen molar-refractivity contribution >= 4 is 11.2 Å². The summed E-state index contributed by atoms with van der Waals surface area (Å²) in [6.45, 7) is 4.47. The molecule has 7 nitrogen and oxygen atoms in total. The van der Waals surface area contributed by atoms with E-state index in [1.54, 1.807) is 6.33 Å². The first-order valence-electron chi connectivity index (χ1n) is 7.02. The molecule has 21 heavy (non-hydrogen) atoms. The molecule has 0 saturated carbocycles. The Morgan fingerprint density at radius 3 is 3.05 bits per heavy atom. The molecule has 0 spiro atoms. The second kappa shape index (κ2) is 4.11. The van der Waals surface area contributed by atoms with E-state index in [-0.39, 0.29) is 11.5 Å². The number of aromatic amines is 1. The molecule has 0 amide bonds. The van der Waals surface area contributed by atoms with Crippen LogP contribution in [0.15, 0.2) is 18.9 Å². The zero-order valence-electron chi connectivity index (χ0n) is 12.0. The van der Waals surface area contributed by atoms with Gasteiger partial charge in [0.1, 0.15) is 11.8 Å². The first-order valence-corrected chi connectivity index (χ1v) is 7.02. The van der Waals surface area contributed by atoms with Crippen molar-refractivity contribution < 1.29 is 0 Å². The Hall–Kier alpha value is -2.28. The summed E-state index contributed by atoms with van der Waals surface area (Å²) in [5, 5.41) is 4.51. The molecule has 0 aromatic carbocycles. The summed E-state index contributed by atoms with van der Waals surface area (Å²) >= 11 is 0. The average molecular weight is 283 g/mol. The molecule has 0 fully saturated rings. The maximum Gasteiger partial charge on any atom is 0.182 e. The van der Waals surface area contributed by atoms with E-state index in [2.05, 4.69) is 38.9 Å². The number of rotatable bonds is 1. The van der Waals surface area contributed by atoms with Gasteiger partial charge in [-0.2, -0.15) is 5.10 Å². The van der Waals surface area contributed by atoms with Gasteiger partial charge < -0.3 is 10.7 Å². The summed E-state index contributed by atoms with van der Waals surface area (Å²) in [6.07, 6.45) is 6.89. The topological polar surface area (TPSA) is 98.3 Å². The SMILES string of the molecule is CC1(C)Cc2c(cnn2-c2ncnc3nc[nH]c23)C(N)C1. The van der Waals surface area contributed by atoms with Crippen LogP contribution in [0.1, 0.15) is 37.6 Å². The third-order valence-corrected chi connectivity index (χ3v) is 4.12. The van der Waals surface area contributed by atoms with Crippen molar-refractivity contribution in [1.29, 1.82) is 0 Å². The van der Waals surface area contributed by atoms with Crippen molar-refractivity contribution in [3.8, 4) is 5.82 Å². The van der Waals surface area contributed by atoms with E-state index in [9.17, 15) is 0 Å². The highest BCUT2D eigenvalue weighted by molar-refractivity contribution is 5.77. The van der Waals surface area contributed by atoms with Gasteiger partial charge in [-0.1, -0.05) is 13.8 Å². The summed E-state index contributed by atoms with van der Waals surface area (Å²) in [4.78, 5) is 15.8. The fraction of sp³-hybridized carbons (Fsp3) is 0.429. The first kappa shape index (κ1) is 12.5. The number of fused-ring (bicyclic) bond motifs is 2. The van der Waals surface area contributed by atoms with Gasteiger partial charge in [0.05, 0.1) is 18.2 Å². The van der Waals surface area contributed by atoms with E-state index in [1.165, 1.54) is 6.33 Å². The van der Waals surface area contributed by atoms with Crippen LogP contribution in [0.3, 0.4) is 0 Å². The van der Waals surface area contributed by atoms with Crippen LogP contribution in [0.4, 0.5) is 0 Å². The zero-order chi connectivity index (χ0) is 14.6. The molecule has 4 rings (SSSR count). The average Bonchev–Trinajstić information content (AvgIpc) is 3.02. The van der Waals surface area contributed by atoms with Gasteiger partial charge in [0.25, 0.3) is 0 Å². The normalized spacial score (nSPS) is 20.6. The Balaban J connectivity index is 1.93. The molecule has 0 bridgehead atoms. The maximum atomic E-state index is 6.30. The Kier molecular flexibility index (Phi) is 2.44. The van der Waals surface area contributed by atoms with Gasteiger partial charge >= 0.3 is 0 Å². The largest absolute Gasteiger partial charge is 0.340 e. The number of imidazole rings is 1. The Morgan fingerprint density at radius 1 is 1.33 bits per heavy atom. The third-order valence-electron chi connectivity index (χ3n) is 4.12. The molecule has 1 aliphatic rings. The van der Waals surface area contributed by atoms with Crippen LogP contribution in [0.5, 0.6) is 0 Å². The molecule has 0 aliphatic heterocycles. The first-order chi connectivity index (χ1) is 10.1. The highest BCUT2D eigenvalue weighted by Gasteiger charge is 2.34. The summed E-state index contributed by atoms with van der Waals surface area (Å²) < 4.78 is 1.87. The lowest BCUT2D eigenvalue weighted by molar-refractivity contribution is 0.278. The van der Waals surface area contributed by atoms with Crippen molar-refractivity contribution in [2.24, 2.45) is 11.1 Å². The predicted molar refractivity (Wildman–Crippen MR) is 77.8 cm³/mol. The van der Waals surface area contributed by atoms with Gasteiger partial charge in [0, 0.05) is 11.6 Å². The fourth-order valence-electron chi connectivity index (χ4n) is 3.20. The predicted octanol–water partition coefficient (Wildman–Crippen LogP) is 1.51. The van der Waals surface area contributed by atoms with Crippen LogP contribution < -0.4 is 5.73 Å². The fourth-order valence-corrected chi connectivity index (χ4v) is 3.20. The number of hydrogen-bond acceptors (Lipinski definition) is 5. The molecular weight excluding hydrogens is 266 g/mol. The van der Waals surface area contributed by atoms with Crippen molar-refractivity contribution in [2.45, 2.75) is 32.7 Å². The standard InChI is InChI=1S/C14H17N7/c1-14(2)3-9(15)8-5-20-21(10(8)4-14)13-11-12(17-6-16-11)18-7-19-13/h5-7,9H,3-4,15H2,1-2H3,(H,16,17,18,19). The van der Waals surface area contributed by atoms with Gasteiger partial charge in [-0.15, -0.1) is 0 Å². The quantitative estimate of drug-likeness (QED) is 0.705. The van der Waals surface area contributed by atoms with Gasteiger partial charge in [-0.3, -0.25) is 0 Å². The molecule has 7 heteroatoms.